The van der Waals surface area contributed by atoms with Crippen molar-refractivity contribution < 1.29 is 38.1 Å². The fourth-order valence-corrected chi connectivity index (χ4v) is 12.1. The van der Waals surface area contributed by atoms with E-state index >= 15 is 0 Å². The van der Waals surface area contributed by atoms with Crippen LogP contribution in [0.2, 0.25) is 0 Å². The van der Waals surface area contributed by atoms with Gasteiger partial charge in [0.1, 0.15) is 25.3 Å². The van der Waals surface area contributed by atoms with E-state index in [0.29, 0.717) is 56.0 Å². The molecule has 0 aromatic heterocycles. The summed E-state index contributed by atoms with van der Waals surface area (Å²) in [4.78, 5) is 52.2. The molecular formula is C37H52O8. The minimum atomic E-state index is -0.784. The van der Waals surface area contributed by atoms with Gasteiger partial charge in [-0.2, -0.15) is 0 Å². The second kappa shape index (κ2) is 11.7. The van der Waals surface area contributed by atoms with E-state index in [1.54, 1.807) is 0 Å². The molecule has 1 aliphatic heterocycles. The van der Waals surface area contributed by atoms with Crippen LogP contribution in [0.25, 0.3) is 0 Å². The van der Waals surface area contributed by atoms with Gasteiger partial charge in [0.2, 0.25) is 0 Å². The van der Waals surface area contributed by atoms with Crippen molar-refractivity contribution in [3.05, 3.63) is 0 Å². The van der Waals surface area contributed by atoms with E-state index in [1.807, 2.05) is 0 Å². The number of fused-ring (bicyclic) bond motifs is 4. The van der Waals surface area contributed by atoms with Crippen LogP contribution in [0.1, 0.15) is 109 Å². The number of esters is 2. The van der Waals surface area contributed by atoms with Gasteiger partial charge in [-0.05, 0) is 101 Å². The van der Waals surface area contributed by atoms with E-state index in [0.717, 1.165) is 82.3 Å². The van der Waals surface area contributed by atoms with Crippen molar-refractivity contribution in [3.8, 4) is 0 Å². The molecule has 8 aliphatic carbocycles. The number of ether oxygens (including phenoxy) is 4. The quantitative estimate of drug-likeness (QED) is 0.246. The SMILES string of the molecule is O=CC1CC2CCCC(C(=O)OCC3(COC(=O)C45CC6CC(C4)C(=O)C(C6)C5)COC(C4CC5CCCC(C5)C4)OC3)(C1)C2. The number of aldehydes is 1. The summed E-state index contributed by atoms with van der Waals surface area (Å²) < 4.78 is 25.4. The molecule has 0 amide bonds. The third-order valence-corrected chi connectivity index (χ3v) is 14.0. The number of hydrogen-bond acceptors (Lipinski definition) is 8. The van der Waals surface area contributed by atoms with E-state index in [9.17, 15) is 19.2 Å². The molecule has 7 atom stereocenters. The lowest BCUT2D eigenvalue weighted by Gasteiger charge is -2.54. The van der Waals surface area contributed by atoms with E-state index in [-0.39, 0.29) is 49.2 Å². The predicted molar refractivity (Wildman–Crippen MR) is 162 cm³/mol. The molecule has 248 valence electrons. The standard InChI is InChI=1S/C37H52O8/c38-18-27-8-25-5-2-6-36(13-25,15-27)33(40)44-21-35(19-42-32(43-20-35)28-9-23-3-1-4-24(7-23)10-28)22-45-34(41)37-14-26-11-29(16-37)31(39)30(12-26)17-37/h18,23-30,32H,1-17,19-22H2. The fourth-order valence-electron chi connectivity index (χ4n) is 12.1. The van der Waals surface area contributed by atoms with Gasteiger partial charge in [-0.25, -0.2) is 0 Å². The molecule has 0 radical (unpaired) electrons. The second-order valence-electron chi connectivity index (χ2n) is 17.4. The van der Waals surface area contributed by atoms with Gasteiger partial charge in [0, 0.05) is 23.7 Å². The smallest absolute Gasteiger partial charge is 0.312 e. The average molecular weight is 625 g/mol. The molecular weight excluding hydrogens is 572 g/mol. The van der Waals surface area contributed by atoms with Crippen LogP contribution in [0.4, 0.5) is 0 Å². The fraction of sp³-hybridized carbons (Fsp3) is 0.892. The monoisotopic (exact) mass is 624 g/mol. The number of rotatable bonds is 8. The van der Waals surface area contributed by atoms with Crippen molar-refractivity contribution in [2.24, 2.45) is 63.6 Å². The summed E-state index contributed by atoms with van der Waals surface area (Å²) in [7, 11) is 0. The summed E-state index contributed by atoms with van der Waals surface area (Å²) in [6.45, 7) is 0.773. The molecule has 8 bridgehead atoms. The minimum Gasteiger partial charge on any atom is -0.464 e. The maximum Gasteiger partial charge on any atom is 0.312 e. The first kappa shape index (κ1) is 30.5. The summed E-state index contributed by atoms with van der Waals surface area (Å²) in [5.41, 5.74) is -1.95. The highest BCUT2D eigenvalue weighted by atomic mass is 16.7. The third-order valence-electron chi connectivity index (χ3n) is 14.0. The highest BCUT2D eigenvalue weighted by molar-refractivity contribution is 5.89. The van der Waals surface area contributed by atoms with Crippen LogP contribution in [0, 0.1) is 63.6 Å². The van der Waals surface area contributed by atoms with Gasteiger partial charge in [-0.3, -0.25) is 14.4 Å². The number of carbonyl (C=O) groups excluding carboxylic acids is 4. The van der Waals surface area contributed by atoms with Crippen molar-refractivity contribution in [2.45, 2.75) is 115 Å². The molecule has 0 aromatic rings. The predicted octanol–water partition coefficient (Wildman–Crippen LogP) is 5.83. The Morgan fingerprint density at radius 3 is 2.00 bits per heavy atom. The van der Waals surface area contributed by atoms with Crippen LogP contribution >= 0.6 is 0 Å². The van der Waals surface area contributed by atoms with Gasteiger partial charge in [0.05, 0.1) is 29.5 Å². The lowest BCUT2D eigenvalue weighted by atomic mass is 9.49. The zero-order chi connectivity index (χ0) is 30.8. The van der Waals surface area contributed by atoms with E-state index in [2.05, 4.69) is 0 Å². The molecule has 8 heteroatoms. The molecule has 0 N–H and O–H groups in total. The molecule has 1 saturated heterocycles. The van der Waals surface area contributed by atoms with Gasteiger partial charge in [-0.15, -0.1) is 0 Å². The Hall–Kier alpha value is -1.80. The Morgan fingerprint density at radius 1 is 0.711 bits per heavy atom. The lowest BCUT2D eigenvalue weighted by molar-refractivity contribution is -0.272. The van der Waals surface area contributed by atoms with Crippen molar-refractivity contribution in [2.75, 3.05) is 26.4 Å². The highest BCUT2D eigenvalue weighted by Gasteiger charge is 2.59. The molecule has 8 nitrogen and oxygen atoms in total. The summed E-state index contributed by atoms with van der Waals surface area (Å²) in [6.07, 6.45) is 17.3. The minimum absolute atomic E-state index is 0.0000625. The van der Waals surface area contributed by atoms with Crippen molar-refractivity contribution in [1.82, 2.24) is 0 Å². The van der Waals surface area contributed by atoms with Crippen LogP contribution < -0.4 is 0 Å². The van der Waals surface area contributed by atoms with Gasteiger partial charge < -0.3 is 23.7 Å². The molecule has 8 saturated carbocycles. The molecule has 45 heavy (non-hydrogen) atoms. The maximum atomic E-state index is 13.9. The highest BCUT2D eigenvalue weighted by Crippen LogP contribution is 2.59. The lowest BCUT2D eigenvalue weighted by Crippen LogP contribution is -2.56. The van der Waals surface area contributed by atoms with Crippen LogP contribution in [0.15, 0.2) is 0 Å². The van der Waals surface area contributed by atoms with Crippen molar-refractivity contribution >= 4 is 24.0 Å². The zero-order valence-electron chi connectivity index (χ0n) is 26.9. The molecule has 0 spiro atoms. The molecule has 9 fully saturated rings. The van der Waals surface area contributed by atoms with Crippen LogP contribution in [-0.4, -0.2) is 56.7 Å². The van der Waals surface area contributed by atoms with Crippen LogP contribution in [-0.2, 0) is 38.1 Å². The van der Waals surface area contributed by atoms with Gasteiger partial charge in [0.25, 0.3) is 0 Å². The van der Waals surface area contributed by atoms with Crippen LogP contribution in [0.5, 0.6) is 0 Å². The molecule has 7 unspecified atom stereocenters. The number of carbonyl (C=O) groups is 4. The van der Waals surface area contributed by atoms with Gasteiger partial charge in [0.15, 0.2) is 6.29 Å². The Bertz CT molecular complexity index is 1130. The number of Topliss-reactive ketones (excluding diaryl/α,β-unsaturated/α-hetero) is 1. The van der Waals surface area contributed by atoms with Crippen LogP contribution in [0.3, 0.4) is 0 Å². The first-order valence-electron chi connectivity index (χ1n) is 18.3. The Labute approximate surface area is 267 Å². The van der Waals surface area contributed by atoms with Gasteiger partial charge >= 0.3 is 11.9 Å². The zero-order valence-corrected chi connectivity index (χ0v) is 26.9. The molecule has 1 heterocycles. The molecule has 9 rings (SSSR count). The number of hydrogen-bond donors (Lipinski definition) is 0. The summed E-state index contributed by atoms with van der Waals surface area (Å²) >= 11 is 0. The normalized spacial score (nSPS) is 48.4. The second-order valence-corrected chi connectivity index (χ2v) is 17.4. The first-order chi connectivity index (χ1) is 21.8. The largest absolute Gasteiger partial charge is 0.464 e. The van der Waals surface area contributed by atoms with E-state index < -0.39 is 16.2 Å². The summed E-state index contributed by atoms with van der Waals surface area (Å²) in [5, 5.41) is 0. The molecule has 0 aromatic carbocycles. The summed E-state index contributed by atoms with van der Waals surface area (Å²) in [6, 6.07) is 0. The third kappa shape index (κ3) is 5.62. The van der Waals surface area contributed by atoms with Crippen molar-refractivity contribution in [3.63, 3.8) is 0 Å². The first-order valence-corrected chi connectivity index (χ1v) is 18.3. The average Bonchev–Trinajstić information content (AvgIpc) is 3.04. The number of ketones is 1. The molecule has 9 aliphatic rings. The topological polar surface area (TPSA) is 105 Å². The summed E-state index contributed by atoms with van der Waals surface area (Å²) in [5.74, 6) is 2.59. The van der Waals surface area contributed by atoms with Crippen molar-refractivity contribution in [1.29, 1.82) is 0 Å². The van der Waals surface area contributed by atoms with Gasteiger partial charge in [-0.1, -0.05) is 32.1 Å². The van der Waals surface area contributed by atoms with E-state index in [1.165, 1.54) is 25.7 Å². The Kier molecular flexibility index (Phi) is 7.95. The Morgan fingerprint density at radius 2 is 1.33 bits per heavy atom. The Balaban J connectivity index is 0.961. The van der Waals surface area contributed by atoms with E-state index in [4.69, 9.17) is 18.9 Å². The maximum absolute atomic E-state index is 13.9.